The number of hydrogen-bond acceptors (Lipinski definition) is 5. The summed E-state index contributed by atoms with van der Waals surface area (Å²) in [6.45, 7) is 8.46. The minimum atomic E-state index is -3.56. The van der Waals surface area contributed by atoms with E-state index in [0.29, 0.717) is 30.1 Å². The maximum atomic E-state index is 12.9. The smallest absolute Gasteiger partial charge is 0.252 e. The number of hydrogen-bond donors (Lipinski definition) is 1. The van der Waals surface area contributed by atoms with Crippen molar-refractivity contribution in [1.82, 2.24) is 14.5 Å². The Labute approximate surface area is 165 Å². The van der Waals surface area contributed by atoms with Crippen LogP contribution in [-0.2, 0) is 19.6 Å². The molecule has 1 fully saturated rings. The number of nitrogens with zero attached hydrogens (tertiary/aromatic N) is 2. The van der Waals surface area contributed by atoms with Crippen LogP contribution in [0.5, 0.6) is 0 Å². The van der Waals surface area contributed by atoms with Crippen LogP contribution < -0.4 is 5.32 Å². The van der Waals surface area contributed by atoms with Crippen LogP contribution in [0.3, 0.4) is 0 Å². The number of rotatable bonds is 6. The Morgan fingerprint density at radius 1 is 1.37 bits per heavy atom. The third-order valence-electron chi connectivity index (χ3n) is 4.36. The van der Waals surface area contributed by atoms with Crippen molar-refractivity contribution in [3.63, 3.8) is 0 Å². The molecule has 0 spiro atoms. The Kier molecular flexibility index (Phi) is 7.04. The molecule has 0 aliphatic carbocycles. The number of likely N-dealkylation sites (N-methyl/N-ethyl adjacent to an activating group) is 1. The van der Waals surface area contributed by atoms with Gasteiger partial charge in [-0.25, -0.2) is 8.42 Å². The normalized spacial score (nSPS) is 18.9. The van der Waals surface area contributed by atoms with Crippen molar-refractivity contribution < 1.29 is 18.0 Å². The van der Waals surface area contributed by atoms with E-state index >= 15 is 0 Å². The van der Waals surface area contributed by atoms with Crippen LogP contribution in [0, 0.1) is 5.92 Å². The van der Waals surface area contributed by atoms with Crippen LogP contribution >= 0.6 is 11.3 Å². The van der Waals surface area contributed by atoms with Gasteiger partial charge in [-0.15, -0.1) is 11.3 Å². The van der Waals surface area contributed by atoms with Gasteiger partial charge in [0.25, 0.3) is 10.0 Å². The van der Waals surface area contributed by atoms with E-state index < -0.39 is 15.9 Å². The molecule has 27 heavy (non-hydrogen) atoms. The monoisotopic (exact) mass is 415 g/mol. The lowest BCUT2D eigenvalue weighted by molar-refractivity contribution is -0.140. The standard InChI is InChI=1S/C18H29N3O4S2/c1-5-20(13-15(22)19-18(2,3)4)17(23)14-8-6-10-21(12-14)27(24,25)16-9-7-11-26-16/h7,9,11,14H,5-6,8,10,12-13H2,1-4H3,(H,19,22). The molecule has 0 saturated carbocycles. The Bertz CT molecular complexity index is 754. The van der Waals surface area contributed by atoms with Gasteiger partial charge in [-0.1, -0.05) is 6.07 Å². The quantitative estimate of drug-likeness (QED) is 0.769. The van der Waals surface area contributed by atoms with E-state index in [1.165, 1.54) is 20.5 Å². The molecule has 1 saturated heterocycles. The summed E-state index contributed by atoms with van der Waals surface area (Å²) in [5, 5.41) is 4.58. The zero-order valence-electron chi connectivity index (χ0n) is 16.4. The van der Waals surface area contributed by atoms with Crippen molar-refractivity contribution in [2.24, 2.45) is 5.92 Å². The lowest BCUT2D eigenvalue weighted by Crippen LogP contribution is -2.51. The minimum absolute atomic E-state index is 0.0131. The summed E-state index contributed by atoms with van der Waals surface area (Å²) in [5.41, 5.74) is -0.365. The first-order chi connectivity index (χ1) is 12.5. The van der Waals surface area contributed by atoms with Crippen LogP contribution in [0.15, 0.2) is 21.7 Å². The van der Waals surface area contributed by atoms with E-state index in [1.54, 1.807) is 17.5 Å². The lowest BCUT2D eigenvalue weighted by Gasteiger charge is -2.34. The Balaban J connectivity index is 2.05. The van der Waals surface area contributed by atoms with Crippen molar-refractivity contribution in [2.45, 2.75) is 50.3 Å². The highest BCUT2D eigenvalue weighted by Crippen LogP contribution is 2.27. The van der Waals surface area contributed by atoms with Gasteiger partial charge in [0.1, 0.15) is 4.21 Å². The molecule has 9 heteroatoms. The zero-order chi connectivity index (χ0) is 20.2. The molecule has 7 nitrogen and oxygen atoms in total. The first-order valence-electron chi connectivity index (χ1n) is 9.18. The molecule has 152 valence electrons. The SMILES string of the molecule is CCN(CC(=O)NC(C)(C)C)C(=O)C1CCCN(S(=O)(=O)c2cccs2)C1. The third-order valence-corrected chi connectivity index (χ3v) is 7.60. The summed E-state index contributed by atoms with van der Waals surface area (Å²) in [6, 6.07) is 3.29. The molecule has 1 aromatic heterocycles. The molecule has 1 aliphatic heterocycles. The minimum Gasteiger partial charge on any atom is -0.350 e. The molecule has 2 amide bonds. The molecule has 1 aliphatic rings. The van der Waals surface area contributed by atoms with E-state index in [2.05, 4.69) is 5.32 Å². The Hall–Kier alpha value is -1.45. The van der Waals surface area contributed by atoms with Gasteiger partial charge < -0.3 is 10.2 Å². The average Bonchev–Trinajstić information content (AvgIpc) is 3.13. The zero-order valence-corrected chi connectivity index (χ0v) is 18.0. The van der Waals surface area contributed by atoms with Gasteiger partial charge in [0.15, 0.2) is 0 Å². The molecule has 1 unspecified atom stereocenters. The van der Waals surface area contributed by atoms with Crippen LogP contribution in [-0.4, -0.2) is 61.2 Å². The molecular formula is C18H29N3O4S2. The summed E-state index contributed by atoms with van der Waals surface area (Å²) < 4.78 is 27.2. The third kappa shape index (κ3) is 5.76. The summed E-state index contributed by atoms with van der Waals surface area (Å²) in [7, 11) is -3.56. The van der Waals surface area contributed by atoms with E-state index in [0.717, 1.165) is 0 Å². The highest BCUT2D eigenvalue weighted by Gasteiger charge is 2.35. The van der Waals surface area contributed by atoms with Gasteiger partial charge in [-0.3, -0.25) is 9.59 Å². The summed E-state index contributed by atoms with van der Waals surface area (Å²) in [4.78, 5) is 26.6. The fraction of sp³-hybridized carbons (Fsp3) is 0.667. The molecule has 1 aromatic rings. The maximum Gasteiger partial charge on any atom is 0.252 e. The predicted molar refractivity (Wildman–Crippen MR) is 106 cm³/mol. The number of amides is 2. The van der Waals surface area contributed by atoms with Gasteiger partial charge in [0.2, 0.25) is 11.8 Å². The second kappa shape index (κ2) is 8.70. The molecule has 2 heterocycles. The second-order valence-corrected chi connectivity index (χ2v) is 10.9. The second-order valence-electron chi connectivity index (χ2n) is 7.78. The van der Waals surface area contributed by atoms with Crippen LogP contribution in [0.4, 0.5) is 0 Å². The molecule has 1 atom stereocenters. The summed E-state index contributed by atoms with van der Waals surface area (Å²) in [5.74, 6) is -0.792. The fourth-order valence-electron chi connectivity index (χ4n) is 3.13. The lowest BCUT2D eigenvalue weighted by atomic mass is 9.98. The average molecular weight is 416 g/mol. The number of nitrogens with one attached hydrogen (secondary N) is 1. The number of thiophene rings is 1. The van der Waals surface area contributed by atoms with Crippen LogP contribution in [0.1, 0.15) is 40.5 Å². The fourth-order valence-corrected chi connectivity index (χ4v) is 5.80. The van der Waals surface area contributed by atoms with Crippen molar-refractivity contribution >= 4 is 33.2 Å². The number of sulfonamides is 1. The van der Waals surface area contributed by atoms with E-state index in [9.17, 15) is 18.0 Å². The van der Waals surface area contributed by atoms with Crippen molar-refractivity contribution in [3.05, 3.63) is 17.5 Å². The Morgan fingerprint density at radius 3 is 2.63 bits per heavy atom. The first kappa shape index (κ1) is 21.8. The van der Waals surface area contributed by atoms with Gasteiger partial charge in [0, 0.05) is 25.2 Å². The van der Waals surface area contributed by atoms with Gasteiger partial charge in [-0.05, 0) is 52.0 Å². The van der Waals surface area contributed by atoms with Gasteiger partial charge >= 0.3 is 0 Å². The largest absolute Gasteiger partial charge is 0.350 e. The molecule has 0 radical (unpaired) electrons. The highest BCUT2D eigenvalue weighted by atomic mass is 32.2. The van der Waals surface area contributed by atoms with Crippen LogP contribution in [0.2, 0.25) is 0 Å². The van der Waals surface area contributed by atoms with Crippen LogP contribution in [0.25, 0.3) is 0 Å². The molecule has 1 N–H and O–H groups in total. The topological polar surface area (TPSA) is 86.8 Å². The number of carbonyl (C=O) groups is 2. The Morgan fingerprint density at radius 2 is 2.07 bits per heavy atom. The van der Waals surface area contributed by atoms with Crippen molar-refractivity contribution in [1.29, 1.82) is 0 Å². The number of carbonyl (C=O) groups excluding carboxylic acids is 2. The van der Waals surface area contributed by atoms with E-state index in [4.69, 9.17) is 0 Å². The predicted octanol–water partition coefficient (Wildman–Crippen LogP) is 1.91. The van der Waals surface area contributed by atoms with Gasteiger partial charge in [-0.2, -0.15) is 4.31 Å². The van der Waals surface area contributed by atoms with Gasteiger partial charge in [0.05, 0.1) is 12.5 Å². The summed E-state index contributed by atoms with van der Waals surface area (Å²) >= 11 is 1.18. The molecular weight excluding hydrogens is 386 g/mol. The number of piperidine rings is 1. The molecule has 0 bridgehead atoms. The highest BCUT2D eigenvalue weighted by molar-refractivity contribution is 7.91. The summed E-state index contributed by atoms with van der Waals surface area (Å²) in [6.07, 6.45) is 1.26. The molecule has 2 rings (SSSR count). The van der Waals surface area contributed by atoms with Crippen molar-refractivity contribution in [2.75, 3.05) is 26.2 Å². The van der Waals surface area contributed by atoms with E-state index in [1.807, 2.05) is 27.7 Å². The first-order valence-corrected chi connectivity index (χ1v) is 11.5. The van der Waals surface area contributed by atoms with E-state index in [-0.39, 0.29) is 30.4 Å². The maximum absolute atomic E-state index is 12.9. The molecule has 0 aromatic carbocycles. The van der Waals surface area contributed by atoms with Crippen molar-refractivity contribution in [3.8, 4) is 0 Å².